The van der Waals surface area contributed by atoms with Gasteiger partial charge in [0.1, 0.15) is 11.6 Å². The van der Waals surface area contributed by atoms with Gasteiger partial charge in [-0.05, 0) is 18.4 Å². The first-order chi connectivity index (χ1) is 10.2. The summed E-state index contributed by atoms with van der Waals surface area (Å²) in [6.07, 6.45) is 6.83. The van der Waals surface area contributed by atoms with E-state index in [2.05, 4.69) is 26.1 Å². The summed E-state index contributed by atoms with van der Waals surface area (Å²) in [7, 11) is 1.87. The predicted molar refractivity (Wildman–Crippen MR) is 79.6 cm³/mol. The number of pyridine rings is 1. The molecule has 0 radical (unpaired) electrons. The molecular weight excluding hydrogens is 286 g/mol. The van der Waals surface area contributed by atoms with Gasteiger partial charge >= 0.3 is 0 Å². The molecule has 0 atom stereocenters. The molecule has 0 saturated heterocycles. The Morgan fingerprint density at radius 1 is 1.33 bits per heavy atom. The second-order valence-corrected chi connectivity index (χ2v) is 4.96. The summed E-state index contributed by atoms with van der Waals surface area (Å²) in [4.78, 5) is 14.8. The van der Waals surface area contributed by atoms with Crippen molar-refractivity contribution in [1.82, 2.24) is 24.6 Å². The first-order valence-corrected chi connectivity index (χ1v) is 7.30. The highest BCUT2D eigenvalue weighted by molar-refractivity contribution is 7.98. The molecule has 104 valence electrons. The fourth-order valence-electron chi connectivity index (χ4n) is 1.90. The van der Waals surface area contributed by atoms with Gasteiger partial charge in [-0.15, -0.1) is 0 Å². The zero-order valence-corrected chi connectivity index (χ0v) is 12.2. The quantitative estimate of drug-likeness (QED) is 0.682. The third-order valence-corrected chi connectivity index (χ3v) is 3.51. The zero-order valence-electron chi connectivity index (χ0n) is 11.4. The smallest absolute Gasteiger partial charge is 0.235 e. The molecule has 3 heterocycles. The Labute approximate surface area is 125 Å². The van der Waals surface area contributed by atoms with Gasteiger partial charge in [-0.1, -0.05) is 11.8 Å². The molecule has 3 rings (SSSR count). The van der Waals surface area contributed by atoms with Crippen LogP contribution in [0.15, 0.2) is 35.9 Å². The number of thioether (sulfide) groups is 1. The lowest BCUT2D eigenvalue weighted by atomic mass is 10.4. The number of hydrogen-bond donors (Lipinski definition) is 0. The van der Waals surface area contributed by atoms with Crippen LogP contribution >= 0.6 is 11.8 Å². The van der Waals surface area contributed by atoms with Gasteiger partial charge < -0.3 is 4.90 Å². The maximum absolute atomic E-state index is 9.14. The molecule has 0 N–H and O–H groups in total. The standard InChI is InChI=1S/C13H11N7S/c1-19(10-4-3-5-15-8-10)13-18-12(21-2)17-11-9(6-14)7-16-20(11)13/h3-5,7-8H,1-2H3. The minimum absolute atomic E-state index is 0.425. The van der Waals surface area contributed by atoms with Gasteiger partial charge in [-0.2, -0.15) is 19.9 Å². The van der Waals surface area contributed by atoms with Gasteiger partial charge in [0.15, 0.2) is 10.8 Å². The lowest BCUT2D eigenvalue weighted by molar-refractivity contribution is 0.815. The molecule has 0 unspecified atom stereocenters. The van der Waals surface area contributed by atoms with Crippen molar-refractivity contribution in [3.8, 4) is 6.07 Å². The van der Waals surface area contributed by atoms with Crippen LogP contribution in [0.25, 0.3) is 5.65 Å². The number of rotatable bonds is 3. The summed E-state index contributed by atoms with van der Waals surface area (Å²) >= 11 is 1.42. The minimum Gasteiger partial charge on any atom is -0.312 e. The van der Waals surface area contributed by atoms with E-state index < -0.39 is 0 Å². The Hall–Kier alpha value is -2.66. The maximum Gasteiger partial charge on any atom is 0.235 e. The molecule has 0 aromatic carbocycles. The predicted octanol–water partition coefficient (Wildman–Crippen LogP) is 1.88. The molecule has 0 aliphatic rings. The Morgan fingerprint density at radius 3 is 2.86 bits per heavy atom. The van der Waals surface area contributed by atoms with Crippen LogP contribution in [0.1, 0.15) is 5.56 Å². The van der Waals surface area contributed by atoms with E-state index in [-0.39, 0.29) is 0 Å². The molecule has 0 bridgehead atoms. The highest BCUT2D eigenvalue weighted by Gasteiger charge is 2.16. The summed E-state index contributed by atoms with van der Waals surface area (Å²) in [5, 5.41) is 13.9. The van der Waals surface area contributed by atoms with Gasteiger partial charge in [-0.3, -0.25) is 4.98 Å². The molecule has 0 fully saturated rings. The third kappa shape index (κ3) is 2.28. The Morgan fingerprint density at radius 2 is 2.19 bits per heavy atom. The van der Waals surface area contributed by atoms with Gasteiger partial charge in [0.25, 0.3) is 0 Å². The maximum atomic E-state index is 9.14. The monoisotopic (exact) mass is 297 g/mol. The molecule has 8 heteroatoms. The van der Waals surface area contributed by atoms with Crippen molar-refractivity contribution in [1.29, 1.82) is 5.26 Å². The molecule has 0 amide bonds. The molecule has 0 spiro atoms. The van der Waals surface area contributed by atoms with Crippen LogP contribution in [0.3, 0.4) is 0 Å². The Bertz CT molecular complexity index is 822. The molecule has 7 nitrogen and oxygen atoms in total. The topological polar surface area (TPSA) is 83.0 Å². The van der Waals surface area contributed by atoms with Gasteiger partial charge in [-0.25, -0.2) is 4.98 Å². The van der Waals surface area contributed by atoms with Crippen LogP contribution in [0.4, 0.5) is 11.6 Å². The number of hydrogen-bond acceptors (Lipinski definition) is 7. The van der Waals surface area contributed by atoms with Crippen molar-refractivity contribution in [2.45, 2.75) is 5.16 Å². The van der Waals surface area contributed by atoms with E-state index in [1.165, 1.54) is 18.0 Å². The van der Waals surface area contributed by atoms with Crippen molar-refractivity contribution in [2.75, 3.05) is 18.2 Å². The molecule has 0 aliphatic heterocycles. The van der Waals surface area contributed by atoms with Crippen LogP contribution in [0.2, 0.25) is 0 Å². The minimum atomic E-state index is 0.425. The fourth-order valence-corrected chi connectivity index (χ4v) is 2.25. The van der Waals surface area contributed by atoms with Crippen LogP contribution in [0.5, 0.6) is 0 Å². The van der Waals surface area contributed by atoms with Crippen LogP contribution in [-0.4, -0.2) is 37.9 Å². The number of fused-ring (bicyclic) bond motifs is 1. The SMILES string of the molecule is CSc1nc(N(C)c2cccnc2)n2ncc(C#N)c2n1. The van der Waals surface area contributed by atoms with E-state index in [1.54, 1.807) is 16.9 Å². The first-order valence-electron chi connectivity index (χ1n) is 6.08. The molecule has 0 aliphatic carbocycles. The van der Waals surface area contributed by atoms with E-state index in [0.717, 1.165) is 5.69 Å². The van der Waals surface area contributed by atoms with Crippen LogP contribution < -0.4 is 4.90 Å². The van der Waals surface area contributed by atoms with Crippen molar-refractivity contribution in [3.63, 3.8) is 0 Å². The van der Waals surface area contributed by atoms with E-state index in [9.17, 15) is 0 Å². The second kappa shape index (κ2) is 5.38. The summed E-state index contributed by atoms with van der Waals surface area (Å²) in [5.41, 5.74) is 1.80. The van der Waals surface area contributed by atoms with Crippen LogP contribution in [-0.2, 0) is 0 Å². The second-order valence-electron chi connectivity index (χ2n) is 4.19. The summed E-state index contributed by atoms with van der Waals surface area (Å²) in [6, 6.07) is 5.87. The van der Waals surface area contributed by atoms with E-state index in [1.807, 2.05) is 30.3 Å². The molecule has 21 heavy (non-hydrogen) atoms. The lowest BCUT2D eigenvalue weighted by Crippen LogP contribution is -2.17. The van der Waals surface area contributed by atoms with E-state index in [0.29, 0.717) is 22.3 Å². The number of anilines is 2. The first kappa shape index (κ1) is 13.3. The number of aromatic nitrogens is 5. The highest BCUT2D eigenvalue weighted by atomic mass is 32.2. The largest absolute Gasteiger partial charge is 0.312 e. The summed E-state index contributed by atoms with van der Waals surface area (Å²) in [5.74, 6) is 0.582. The average Bonchev–Trinajstić information content (AvgIpc) is 2.97. The van der Waals surface area contributed by atoms with E-state index >= 15 is 0 Å². The Balaban J connectivity index is 2.22. The normalized spacial score (nSPS) is 10.5. The van der Waals surface area contributed by atoms with Crippen LogP contribution in [0, 0.1) is 11.3 Å². The third-order valence-electron chi connectivity index (χ3n) is 2.97. The molecule has 0 saturated carbocycles. The number of nitriles is 1. The lowest BCUT2D eigenvalue weighted by Gasteiger charge is -2.18. The number of nitrogens with zero attached hydrogens (tertiary/aromatic N) is 7. The van der Waals surface area contributed by atoms with Crippen molar-refractivity contribution >= 4 is 29.0 Å². The summed E-state index contributed by atoms with van der Waals surface area (Å²) in [6.45, 7) is 0. The molecule has 3 aromatic heterocycles. The van der Waals surface area contributed by atoms with Gasteiger partial charge in [0.05, 0.1) is 18.1 Å². The van der Waals surface area contributed by atoms with Gasteiger partial charge in [0.2, 0.25) is 5.95 Å². The Kier molecular flexibility index (Phi) is 3.41. The van der Waals surface area contributed by atoms with E-state index in [4.69, 9.17) is 5.26 Å². The average molecular weight is 297 g/mol. The summed E-state index contributed by atoms with van der Waals surface area (Å²) < 4.78 is 1.56. The van der Waals surface area contributed by atoms with Crippen molar-refractivity contribution < 1.29 is 0 Å². The zero-order chi connectivity index (χ0) is 14.8. The van der Waals surface area contributed by atoms with Gasteiger partial charge in [0, 0.05) is 13.2 Å². The fraction of sp³-hybridized carbons (Fsp3) is 0.154. The van der Waals surface area contributed by atoms with Crippen molar-refractivity contribution in [2.24, 2.45) is 0 Å². The molecule has 3 aromatic rings. The highest BCUT2D eigenvalue weighted by Crippen LogP contribution is 2.24. The molecular formula is C13H11N7S. The van der Waals surface area contributed by atoms with Crippen molar-refractivity contribution in [3.05, 3.63) is 36.3 Å².